The van der Waals surface area contributed by atoms with Gasteiger partial charge in [-0.15, -0.1) is 19.7 Å². The first-order valence-electron chi connectivity index (χ1n) is 5.77. The van der Waals surface area contributed by atoms with Gasteiger partial charge in [-0.3, -0.25) is 0 Å². The monoisotopic (exact) mass is 354 g/mol. The highest BCUT2D eigenvalue weighted by Gasteiger charge is 2.30. The summed E-state index contributed by atoms with van der Waals surface area (Å²) >= 11 is 2.34. The molecule has 17 heavy (non-hydrogen) atoms. The van der Waals surface area contributed by atoms with Crippen molar-refractivity contribution >= 4 is 35.9 Å². The molecule has 0 radical (unpaired) electrons. The third-order valence-corrected chi connectivity index (χ3v) is 8.55. The van der Waals surface area contributed by atoms with Crippen LogP contribution < -0.4 is 5.19 Å². The summed E-state index contributed by atoms with van der Waals surface area (Å²) in [5, 5.41) is 1.48. The molecule has 0 unspecified atom stereocenters. The molecule has 0 saturated heterocycles. The topological polar surface area (TPSA) is 0 Å². The number of benzene rings is 1. The van der Waals surface area contributed by atoms with E-state index in [0.29, 0.717) is 0 Å². The predicted molar refractivity (Wildman–Crippen MR) is 89.6 cm³/mol. The first kappa shape index (κ1) is 14.4. The lowest BCUT2D eigenvalue weighted by Crippen LogP contribution is -2.46. The quantitative estimate of drug-likeness (QED) is 0.384. The standard InChI is InChI=1S/C15H19ISi/c1-4-11-17(12-5-2,13-6-3)15-9-7-14(16)8-10-15/h4-10H,1-3,11-13H2. The smallest absolute Gasteiger partial charge is 0.0977 e. The van der Waals surface area contributed by atoms with Gasteiger partial charge < -0.3 is 0 Å². The number of allylic oxidation sites excluding steroid dienone is 3. The summed E-state index contributed by atoms with van der Waals surface area (Å²) in [6.07, 6.45) is 6.16. The molecule has 2 heteroatoms. The molecule has 0 aliphatic heterocycles. The zero-order valence-corrected chi connectivity index (χ0v) is 13.3. The fraction of sp³-hybridized carbons (Fsp3) is 0.200. The molecule has 0 spiro atoms. The molecule has 0 heterocycles. The van der Waals surface area contributed by atoms with Gasteiger partial charge in [-0.05, 0) is 52.9 Å². The number of rotatable bonds is 7. The maximum absolute atomic E-state index is 3.92. The highest BCUT2D eigenvalue weighted by Crippen LogP contribution is 2.23. The van der Waals surface area contributed by atoms with Crippen LogP contribution >= 0.6 is 22.6 Å². The third-order valence-electron chi connectivity index (χ3n) is 3.06. The Labute approximate surface area is 119 Å². The van der Waals surface area contributed by atoms with Crippen LogP contribution in [0.3, 0.4) is 0 Å². The highest BCUT2D eigenvalue weighted by molar-refractivity contribution is 14.1. The first-order valence-corrected chi connectivity index (χ1v) is 9.47. The summed E-state index contributed by atoms with van der Waals surface area (Å²) in [6, 6.07) is 12.2. The average Bonchev–Trinajstić information content (AvgIpc) is 2.30. The van der Waals surface area contributed by atoms with Crippen molar-refractivity contribution in [2.45, 2.75) is 18.1 Å². The Morgan fingerprint density at radius 2 is 1.29 bits per heavy atom. The van der Waals surface area contributed by atoms with Crippen molar-refractivity contribution in [2.24, 2.45) is 0 Å². The summed E-state index contributed by atoms with van der Waals surface area (Å²) in [5.41, 5.74) is 0. The second kappa shape index (κ2) is 6.96. The molecular weight excluding hydrogens is 335 g/mol. The van der Waals surface area contributed by atoms with Gasteiger partial charge in [0, 0.05) is 3.57 Å². The molecule has 0 bridgehead atoms. The first-order chi connectivity index (χ1) is 8.18. The number of halogens is 1. The van der Waals surface area contributed by atoms with Gasteiger partial charge in [-0.25, -0.2) is 0 Å². The molecule has 0 nitrogen and oxygen atoms in total. The van der Waals surface area contributed by atoms with E-state index < -0.39 is 8.07 Å². The molecule has 0 saturated carbocycles. The van der Waals surface area contributed by atoms with Gasteiger partial charge in [0.1, 0.15) is 0 Å². The van der Waals surface area contributed by atoms with Crippen molar-refractivity contribution in [1.82, 2.24) is 0 Å². The van der Waals surface area contributed by atoms with Crippen molar-refractivity contribution in [1.29, 1.82) is 0 Å². The zero-order valence-electron chi connectivity index (χ0n) is 10.2. The number of hydrogen-bond acceptors (Lipinski definition) is 0. The van der Waals surface area contributed by atoms with Crippen LogP contribution in [0.15, 0.2) is 62.2 Å². The van der Waals surface area contributed by atoms with Gasteiger partial charge in [0.05, 0.1) is 8.07 Å². The van der Waals surface area contributed by atoms with E-state index in [-0.39, 0.29) is 0 Å². The molecule has 1 aromatic rings. The van der Waals surface area contributed by atoms with Gasteiger partial charge in [0.25, 0.3) is 0 Å². The average molecular weight is 354 g/mol. The minimum Gasteiger partial charge on any atom is -0.103 e. The lowest BCUT2D eigenvalue weighted by atomic mass is 10.4. The van der Waals surface area contributed by atoms with E-state index in [1.807, 2.05) is 0 Å². The Kier molecular flexibility index (Phi) is 5.92. The molecule has 0 aliphatic carbocycles. The molecule has 0 N–H and O–H groups in total. The van der Waals surface area contributed by atoms with E-state index in [0.717, 1.165) is 18.1 Å². The minimum absolute atomic E-state index is 1.09. The fourth-order valence-corrected chi connectivity index (χ4v) is 6.33. The van der Waals surface area contributed by atoms with Crippen molar-refractivity contribution in [3.8, 4) is 0 Å². The van der Waals surface area contributed by atoms with E-state index in [9.17, 15) is 0 Å². The maximum atomic E-state index is 3.92. The molecule has 90 valence electrons. The van der Waals surface area contributed by atoms with Crippen molar-refractivity contribution in [2.75, 3.05) is 0 Å². The largest absolute Gasteiger partial charge is 0.103 e. The number of hydrogen-bond donors (Lipinski definition) is 0. The Morgan fingerprint density at radius 3 is 1.65 bits per heavy atom. The SMILES string of the molecule is C=CC[Si](CC=C)(CC=C)c1ccc(I)cc1. The van der Waals surface area contributed by atoms with Crippen LogP contribution in [0.5, 0.6) is 0 Å². The Hall–Kier alpha value is -0.613. The van der Waals surface area contributed by atoms with Crippen LogP contribution in [-0.2, 0) is 0 Å². The maximum Gasteiger partial charge on any atom is 0.0977 e. The van der Waals surface area contributed by atoms with Crippen molar-refractivity contribution < 1.29 is 0 Å². The van der Waals surface area contributed by atoms with Crippen LogP contribution in [0.2, 0.25) is 18.1 Å². The lowest BCUT2D eigenvalue weighted by Gasteiger charge is -2.29. The summed E-state index contributed by atoms with van der Waals surface area (Å²) in [7, 11) is -1.55. The third kappa shape index (κ3) is 3.68. The molecular formula is C15H19ISi. The van der Waals surface area contributed by atoms with E-state index in [2.05, 4.69) is 84.8 Å². The van der Waals surface area contributed by atoms with Crippen molar-refractivity contribution in [3.05, 3.63) is 65.8 Å². The zero-order chi connectivity index (χ0) is 12.7. The second-order valence-corrected chi connectivity index (χ2v) is 9.87. The Morgan fingerprint density at radius 1 is 0.882 bits per heavy atom. The van der Waals surface area contributed by atoms with Gasteiger partial charge in [-0.1, -0.05) is 35.5 Å². The lowest BCUT2D eigenvalue weighted by molar-refractivity contribution is 1.38. The predicted octanol–water partition coefficient (Wildman–Crippen LogP) is 4.51. The Balaban J connectivity index is 3.17. The van der Waals surface area contributed by atoms with E-state index >= 15 is 0 Å². The van der Waals surface area contributed by atoms with E-state index in [1.54, 1.807) is 0 Å². The summed E-state index contributed by atoms with van der Waals surface area (Å²) < 4.78 is 1.28. The van der Waals surface area contributed by atoms with Crippen LogP contribution in [0.25, 0.3) is 0 Å². The van der Waals surface area contributed by atoms with Gasteiger partial charge in [-0.2, -0.15) is 0 Å². The van der Waals surface area contributed by atoms with Crippen LogP contribution in [0.1, 0.15) is 0 Å². The highest BCUT2D eigenvalue weighted by atomic mass is 127. The molecule has 1 rings (SSSR count). The fourth-order valence-electron chi connectivity index (χ4n) is 2.24. The van der Waals surface area contributed by atoms with Crippen LogP contribution in [0, 0.1) is 3.57 Å². The Bertz CT molecular complexity index is 365. The molecule has 0 aliphatic rings. The molecule has 1 aromatic carbocycles. The summed E-state index contributed by atoms with van der Waals surface area (Å²) in [5.74, 6) is 0. The second-order valence-electron chi connectivity index (χ2n) is 4.27. The van der Waals surface area contributed by atoms with Gasteiger partial charge >= 0.3 is 0 Å². The van der Waals surface area contributed by atoms with Crippen LogP contribution in [0.4, 0.5) is 0 Å². The molecule has 0 atom stereocenters. The van der Waals surface area contributed by atoms with Crippen molar-refractivity contribution in [3.63, 3.8) is 0 Å². The molecule has 0 aromatic heterocycles. The van der Waals surface area contributed by atoms with Gasteiger partial charge in [0.15, 0.2) is 0 Å². The summed E-state index contributed by atoms with van der Waals surface area (Å²) in [6.45, 7) is 11.8. The molecule has 0 fully saturated rings. The van der Waals surface area contributed by atoms with E-state index in [1.165, 1.54) is 8.76 Å². The van der Waals surface area contributed by atoms with Crippen LogP contribution in [-0.4, -0.2) is 8.07 Å². The normalized spacial score (nSPS) is 10.9. The molecule has 0 amide bonds. The van der Waals surface area contributed by atoms with Gasteiger partial charge in [0.2, 0.25) is 0 Å². The minimum atomic E-state index is -1.55. The summed E-state index contributed by atoms with van der Waals surface area (Å²) in [4.78, 5) is 0. The van der Waals surface area contributed by atoms with E-state index in [4.69, 9.17) is 0 Å².